The fourth-order valence-electron chi connectivity index (χ4n) is 1.68. The molecule has 1 atom stereocenters. The summed E-state index contributed by atoms with van der Waals surface area (Å²) in [7, 11) is -3.37. The molecule has 0 saturated carbocycles. The van der Waals surface area contributed by atoms with Gasteiger partial charge in [0.2, 0.25) is 0 Å². The maximum atomic E-state index is 12.3. The van der Waals surface area contributed by atoms with Crippen LogP contribution >= 0.6 is 22.9 Å². The van der Waals surface area contributed by atoms with Crippen molar-refractivity contribution in [3.05, 3.63) is 17.0 Å². The molecule has 0 amide bonds. The molecule has 0 spiro atoms. The molecule has 1 aromatic rings. The van der Waals surface area contributed by atoms with Crippen LogP contribution in [0.2, 0.25) is 0 Å². The summed E-state index contributed by atoms with van der Waals surface area (Å²) in [6.45, 7) is 3.03. The Morgan fingerprint density at radius 3 is 2.94 bits per heavy atom. The SMILES string of the molecule is Cc1ccc(S(=O)(=O)N2CCOC(CCl)C2)s1. The van der Waals surface area contributed by atoms with Gasteiger partial charge in [-0.25, -0.2) is 8.42 Å². The number of alkyl halides is 1. The molecule has 96 valence electrons. The average Bonchev–Trinajstić information content (AvgIpc) is 2.76. The van der Waals surface area contributed by atoms with E-state index in [0.717, 1.165) is 4.88 Å². The summed E-state index contributed by atoms with van der Waals surface area (Å²) in [5, 5.41) is 0. The topological polar surface area (TPSA) is 46.6 Å². The molecule has 0 radical (unpaired) electrons. The first-order valence-corrected chi connectivity index (χ1v) is 8.07. The molecular formula is C10H14ClNO3S2. The lowest BCUT2D eigenvalue weighted by molar-refractivity contribution is 0.0123. The van der Waals surface area contributed by atoms with Crippen molar-refractivity contribution in [3.8, 4) is 0 Å². The highest BCUT2D eigenvalue weighted by atomic mass is 35.5. The van der Waals surface area contributed by atoms with Crippen LogP contribution < -0.4 is 0 Å². The zero-order valence-corrected chi connectivity index (χ0v) is 11.8. The number of sulfonamides is 1. The minimum absolute atomic E-state index is 0.207. The van der Waals surface area contributed by atoms with E-state index in [9.17, 15) is 8.42 Å². The highest BCUT2D eigenvalue weighted by Crippen LogP contribution is 2.25. The summed E-state index contributed by atoms with van der Waals surface area (Å²) in [6, 6.07) is 3.47. The first-order chi connectivity index (χ1) is 8.04. The van der Waals surface area contributed by atoms with Gasteiger partial charge in [0.25, 0.3) is 10.0 Å². The minimum atomic E-state index is -3.37. The third-order valence-corrected chi connectivity index (χ3v) is 6.26. The lowest BCUT2D eigenvalue weighted by Crippen LogP contribution is -2.45. The lowest BCUT2D eigenvalue weighted by atomic mass is 10.3. The van der Waals surface area contributed by atoms with E-state index in [1.807, 2.05) is 13.0 Å². The molecule has 2 heterocycles. The molecule has 1 unspecified atom stereocenters. The van der Waals surface area contributed by atoms with E-state index >= 15 is 0 Å². The van der Waals surface area contributed by atoms with Crippen molar-refractivity contribution in [1.29, 1.82) is 0 Å². The Labute approximate surface area is 110 Å². The predicted molar refractivity (Wildman–Crippen MR) is 68.3 cm³/mol. The van der Waals surface area contributed by atoms with Crippen molar-refractivity contribution in [2.24, 2.45) is 0 Å². The van der Waals surface area contributed by atoms with Crippen LogP contribution in [-0.2, 0) is 14.8 Å². The second kappa shape index (κ2) is 5.24. The molecule has 1 aliphatic rings. The molecule has 7 heteroatoms. The van der Waals surface area contributed by atoms with Crippen LogP contribution in [0.15, 0.2) is 16.3 Å². The van der Waals surface area contributed by atoms with Crippen LogP contribution in [0.4, 0.5) is 0 Å². The van der Waals surface area contributed by atoms with Gasteiger partial charge in [-0.3, -0.25) is 0 Å². The Balaban J connectivity index is 2.21. The highest BCUT2D eigenvalue weighted by molar-refractivity contribution is 7.91. The van der Waals surface area contributed by atoms with Crippen molar-refractivity contribution in [2.75, 3.05) is 25.6 Å². The second-order valence-electron chi connectivity index (χ2n) is 3.88. The molecule has 0 aromatic carbocycles. The van der Waals surface area contributed by atoms with E-state index in [1.54, 1.807) is 6.07 Å². The quantitative estimate of drug-likeness (QED) is 0.797. The average molecular weight is 296 g/mol. The molecule has 1 aromatic heterocycles. The van der Waals surface area contributed by atoms with Gasteiger partial charge in [-0.2, -0.15) is 4.31 Å². The summed E-state index contributed by atoms with van der Waals surface area (Å²) in [4.78, 5) is 0.991. The fraction of sp³-hybridized carbons (Fsp3) is 0.600. The third kappa shape index (κ3) is 2.82. The van der Waals surface area contributed by atoms with Crippen molar-refractivity contribution in [2.45, 2.75) is 17.2 Å². The Hall–Kier alpha value is -0.140. The number of thiophene rings is 1. The normalized spacial score (nSPS) is 22.8. The molecule has 4 nitrogen and oxygen atoms in total. The number of halogens is 1. The monoisotopic (exact) mass is 295 g/mol. The third-order valence-electron chi connectivity index (χ3n) is 2.58. The summed E-state index contributed by atoms with van der Waals surface area (Å²) >= 11 is 7.00. The molecule has 2 rings (SSSR count). The zero-order chi connectivity index (χ0) is 12.5. The van der Waals surface area contributed by atoms with E-state index in [2.05, 4.69) is 0 Å². The van der Waals surface area contributed by atoms with Crippen LogP contribution in [0.5, 0.6) is 0 Å². The number of rotatable bonds is 3. The van der Waals surface area contributed by atoms with Crippen LogP contribution in [0, 0.1) is 6.92 Å². The van der Waals surface area contributed by atoms with Gasteiger partial charge in [0.1, 0.15) is 4.21 Å². The zero-order valence-electron chi connectivity index (χ0n) is 9.43. The predicted octanol–water partition coefficient (Wildman–Crippen LogP) is 1.68. The largest absolute Gasteiger partial charge is 0.374 e. The fourth-order valence-corrected chi connectivity index (χ4v) is 4.76. The number of aryl methyl sites for hydroxylation is 1. The van der Waals surface area contributed by atoms with E-state index in [1.165, 1.54) is 15.6 Å². The molecule has 1 saturated heterocycles. The van der Waals surface area contributed by atoms with Gasteiger partial charge in [-0.1, -0.05) is 0 Å². The first-order valence-electron chi connectivity index (χ1n) is 5.28. The number of nitrogens with zero attached hydrogens (tertiary/aromatic N) is 1. The van der Waals surface area contributed by atoms with Gasteiger partial charge in [0.05, 0.1) is 12.7 Å². The van der Waals surface area contributed by atoms with E-state index in [0.29, 0.717) is 29.8 Å². The first kappa shape index (κ1) is 13.3. The summed E-state index contributed by atoms with van der Waals surface area (Å²) in [5.41, 5.74) is 0. The maximum Gasteiger partial charge on any atom is 0.252 e. The molecule has 0 aliphatic carbocycles. The highest BCUT2D eigenvalue weighted by Gasteiger charge is 2.31. The Bertz CT molecular complexity index is 485. The van der Waals surface area contributed by atoms with Gasteiger partial charge in [-0.05, 0) is 19.1 Å². The maximum absolute atomic E-state index is 12.3. The number of morpholine rings is 1. The van der Waals surface area contributed by atoms with Gasteiger partial charge in [-0.15, -0.1) is 22.9 Å². The van der Waals surface area contributed by atoms with Crippen LogP contribution in [0.3, 0.4) is 0 Å². The molecular weight excluding hydrogens is 282 g/mol. The van der Waals surface area contributed by atoms with Crippen LogP contribution in [0.25, 0.3) is 0 Å². The van der Waals surface area contributed by atoms with Gasteiger partial charge in [0, 0.05) is 23.8 Å². The Morgan fingerprint density at radius 2 is 2.35 bits per heavy atom. The van der Waals surface area contributed by atoms with E-state index in [-0.39, 0.29) is 6.10 Å². The number of ether oxygens (including phenoxy) is 1. The lowest BCUT2D eigenvalue weighted by Gasteiger charge is -2.30. The van der Waals surface area contributed by atoms with E-state index in [4.69, 9.17) is 16.3 Å². The Morgan fingerprint density at radius 1 is 1.59 bits per heavy atom. The van der Waals surface area contributed by atoms with Gasteiger partial charge in [0.15, 0.2) is 0 Å². The van der Waals surface area contributed by atoms with Gasteiger partial charge >= 0.3 is 0 Å². The van der Waals surface area contributed by atoms with Crippen molar-refractivity contribution < 1.29 is 13.2 Å². The molecule has 0 bridgehead atoms. The second-order valence-corrected chi connectivity index (χ2v) is 7.64. The van der Waals surface area contributed by atoms with Crippen molar-refractivity contribution >= 4 is 33.0 Å². The van der Waals surface area contributed by atoms with Crippen molar-refractivity contribution in [3.63, 3.8) is 0 Å². The summed E-state index contributed by atoms with van der Waals surface area (Å²) in [5.74, 6) is 0.315. The number of hydrogen-bond donors (Lipinski definition) is 0. The standard InChI is InChI=1S/C10H14ClNO3S2/c1-8-2-3-10(16-8)17(13,14)12-4-5-15-9(6-11)7-12/h2-3,9H,4-7H2,1H3. The summed E-state index contributed by atoms with van der Waals surface area (Å²) in [6.07, 6.45) is -0.207. The van der Waals surface area contributed by atoms with Crippen LogP contribution in [0.1, 0.15) is 4.88 Å². The number of hydrogen-bond acceptors (Lipinski definition) is 4. The molecule has 1 fully saturated rings. The molecule has 1 aliphatic heterocycles. The smallest absolute Gasteiger partial charge is 0.252 e. The molecule has 17 heavy (non-hydrogen) atoms. The van der Waals surface area contributed by atoms with Gasteiger partial charge < -0.3 is 4.74 Å². The minimum Gasteiger partial charge on any atom is -0.374 e. The van der Waals surface area contributed by atoms with Crippen molar-refractivity contribution in [1.82, 2.24) is 4.31 Å². The van der Waals surface area contributed by atoms with E-state index < -0.39 is 10.0 Å². The van der Waals surface area contributed by atoms with Crippen LogP contribution in [-0.4, -0.2) is 44.4 Å². The molecule has 0 N–H and O–H groups in total. The Kier molecular flexibility index (Phi) is 4.10. The summed E-state index contributed by atoms with van der Waals surface area (Å²) < 4.78 is 31.8.